The Kier molecular flexibility index (Phi) is 3.92. The zero-order chi connectivity index (χ0) is 16.7. The fourth-order valence-electron chi connectivity index (χ4n) is 4.27. The number of hydrogen-bond donors (Lipinski definition) is 0. The van der Waals surface area contributed by atoms with Gasteiger partial charge in [-0.1, -0.05) is 35.0 Å². The number of sulfonamides is 1. The molecule has 2 aliphatic rings. The van der Waals surface area contributed by atoms with Gasteiger partial charge in [0, 0.05) is 18.3 Å². The second-order valence-corrected chi connectivity index (χ2v) is 8.84. The molecule has 2 aromatic rings. The molecule has 4 rings (SSSR count). The van der Waals surface area contributed by atoms with Gasteiger partial charge in [-0.2, -0.15) is 4.31 Å². The summed E-state index contributed by atoms with van der Waals surface area (Å²) in [6, 6.07) is 8.21. The molecule has 0 amide bonds. The molecule has 1 aromatic heterocycles. The van der Waals surface area contributed by atoms with Gasteiger partial charge in [0.05, 0.1) is 18.0 Å². The number of benzene rings is 1. The summed E-state index contributed by atoms with van der Waals surface area (Å²) in [4.78, 5) is 0. The van der Waals surface area contributed by atoms with Crippen molar-refractivity contribution in [1.29, 1.82) is 0 Å². The smallest absolute Gasteiger partial charge is 0.218 e. The molecule has 2 atom stereocenters. The van der Waals surface area contributed by atoms with Crippen molar-refractivity contribution in [2.24, 2.45) is 0 Å². The number of fused-ring (bicyclic) bond motifs is 2. The number of hydrogen-bond acceptors (Lipinski definition) is 4. The van der Waals surface area contributed by atoms with E-state index in [1.807, 2.05) is 42.1 Å². The normalized spacial score (nSPS) is 27.5. The average Bonchev–Trinajstić information content (AvgIpc) is 3.14. The van der Waals surface area contributed by atoms with E-state index in [1.165, 1.54) is 0 Å². The van der Waals surface area contributed by atoms with Crippen molar-refractivity contribution < 1.29 is 8.42 Å². The molecule has 2 saturated heterocycles. The third kappa shape index (κ3) is 2.86. The third-order valence-corrected chi connectivity index (χ3v) is 7.15. The van der Waals surface area contributed by atoms with Crippen molar-refractivity contribution in [3.63, 3.8) is 0 Å². The Morgan fingerprint density at radius 1 is 1.17 bits per heavy atom. The molecule has 0 N–H and O–H groups in total. The number of piperidine rings is 1. The fraction of sp³-hybridized carbons (Fsp3) is 0.529. The quantitative estimate of drug-likeness (QED) is 0.852. The minimum Gasteiger partial charge on any atom is -0.249 e. The molecule has 24 heavy (non-hydrogen) atoms. The molecule has 6 nitrogen and oxygen atoms in total. The minimum absolute atomic E-state index is 0.0905. The highest BCUT2D eigenvalue weighted by atomic mass is 32.2. The third-order valence-electron chi connectivity index (χ3n) is 5.21. The van der Waals surface area contributed by atoms with E-state index >= 15 is 0 Å². The van der Waals surface area contributed by atoms with E-state index < -0.39 is 10.0 Å². The van der Waals surface area contributed by atoms with Crippen LogP contribution in [-0.2, 0) is 15.8 Å². The van der Waals surface area contributed by atoms with E-state index in [-0.39, 0.29) is 23.9 Å². The predicted molar refractivity (Wildman–Crippen MR) is 90.7 cm³/mol. The largest absolute Gasteiger partial charge is 0.249 e. The molecule has 0 saturated carbocycles. The van der Waals surface area contributed by atoms with Gasteiger partial charge >= 0.3 is 0 Å². The van der Waals surface area contributed by atoms with E-state index in [0.717, 1.165) is 36.8 Å². The molecule has 2 unspecified atom stereocenters. The van der Waals surface area contributed by atoms with Crippen molar-refractivity contribution in [2.45, 2.75) is 56.5 Å². The van der Waals surface area contributed by atoms with Gasteiger partial charge in [0.25, 0.3) is 0 Å². The first-order chi connectivity index (χ1) is 11.5. The number of aromatic nitrogens is 3. The summed E-state index contributed by atoms with van der Waals surface area (Å²) in [5.74, 6) is 0.0929. The van der Waals surface area contributed by atoms with Crippen LogP contribution in [0.1, 0.15) is 42.9 Å². The molecule has 0 radical (unpaired) electrons. The molecule has 2 fully saturated rings. The molecule has 7 heteroatoms. The highest BCUT2D eigenvalue weighted by molar-refractivity contribution is 7.88. The van der Waals surface area contributed by atoms with Crippen LogP contribution < -0.4 is 0 Å². The van der Waals surface area contributed by atoms with Crippen molar-refractivity contribution in [3.8, 4) is 0 Å². The lowest BCUT2D eigenvalue weighted by Gasteiger charge is -2.37. The summed E-state index contributed by atoms with van der Waals surface area (Å²) in [5.41, 5.74) is 1.96. The Morgan fingerprint density at radius 2 is 1.92 bits per heavy atom. The Balaban J connectivity index is 1.54. The molecule has 3 heterocycles. The molecule has 2 bridgehead atoms. The zero-order valence-electron chi connectivity index (χ0n) is 13.7. The van der Waals surface area contributed by atoms with Gasteiger partial charge in [-0.05, 0) is 38.2 Å². The Hall–Kier alpha value is -1.73. The lowest BCUT2D eigenvalue weighted by molar-refractivity contribution is 0.183. The fourth-order valence-corrected chi connectivity index (χ4v) is 6.32. The molecular formula is C17H22N4O2S. The topological polar surface area (TPSA) is 68.1 Å². The lowest BCUT2D eigenvalue weighted by atomic mass is 10.00. The molecule has 2 aliphatic heterocycles. The average molecular weight is 346 g/mol. The van der Waals surface area contributed by atoms with Gasteiger partial charge in [0.2, 0.25) is 10.0 Å². The molecular weight excluding hydrogens is 324 g/mol. The maximum Gasteiger partial charge on any atom is 0.218 e. The van der Waals surface area contributed by atoms with Gasteiger partial charge < -0.3 is 0 Å². The van der Waals surface area contributed by atoms with Gasteiger partial charge in [-0.25, -0.2) is 13.1 Å². The van der Waals surface area contributed by atoms with Crippen molar-refractivity contribution >= 4 is 10.0 Å². The monoisotopic (exact) mass is 346 g/mol. The second kappa shape index (κ2) is 5.97. The predicted octanol–water partition coefficient (Wildman–Crippen LogP) is 2.28. The van der Waals surface area contributed by atoms with Crippen LogP contribution in [0, 0.1) is 6.92 Å². The first kappa shape index (κ1) is 15.8. The summed E-state index contributed by atoms with van der Waals surface area (Å²) in [6.07, 6.45) is 7.11. The van der Waals surface area contributed by atoms with Crippen LogP contribution in [0.2, 0.25) is 0 Å². The van der Waals surface area contributed by atoms with E-state index in [9.17, 15) is 8.42 Å². The molecule has 0 spiro atoms. The summed E-state index contributed by atoms with van der Waals surface area (Å²) in [5, 5.41) is 7.98. The number of nitrogens with zero attached hydrogens (tertiary/aromatic N) is 4. The van der Waals surface area contributed by atoms with E-state index in [0.29, 0.717) is 0 Å². The van der Waals surface area contributed by atoms with Crippen molar-refractivity contribution in [1.82, 2.24) is 19.3 Å². The first-order valence-corrected chi connectivity index (χ1v) is 10.1. The van der Waals surface area contributed by atoms with E-state index in [1.54, 1.807) is 10.5 Å². The Bertz CT molecular complexity index is 805. The lowest BCUT2D eigenvalue weighted by Crippen LogP contribution is -2.47. The Morgan fingerprint density at radius 3 is 2.54 bits per heavy atom. The number of aryl methyl sites for hydroxylation is 1. The van der Waals surface area contributed by atoms with Gasteiger partial charge in [0.15, 0.2) is 0 Å². The maximum atomic E-state index is 13.0. The van der Waals surface area contributed by atoms with Gasteiger partial charge in [-0.15, -0.1) is 5.10 Å². The van der Waals surface area contributed by atoms with E-state index in [2.05, 4.69) is 10.3 Å². The Labute approximate surface area is 142 Å². The zero-order valence-corrected chi connectivity index (χ0v) is 14.6. The van der Waals surface area contributed by atoms with Crippen LogP contribution in [-0.4, -0.2) is 39.8 Å². The van der Waals surface area contributed by atoms with Gasteiger partial charge in [0.1, 0.15) is 0 Å². The summed E-state index contributed by atoms with van der Waals surface area (Å²) in [6.45, 7) is 1.99. The van der Waals surface area contributed by atoms with Crippen LogP contribution in [0.4, 0.5) is 0 Å². The standard InChI is InChI=1S/C17H22N4O2S/c1-13-3-2-4-14(9-13)12-24(22,23)21-15-5-6-16(21)11-17(10-15)20-8-7-18-19-20/h2-4,7-9,15-17H,5-6,10-12H2,1H3. The molecule has 1 aromatic carbocycles. The molecule has 0 aliphatic carbocycles. The summed E-state index contributed by atoms with van der Waals surface area (Å²) in [7, 11) is -3.29. The van der Waals surface area contributed by atoms with Crippen LogP contribution in [0.25, 0.3) is 0 Å². The van der Waals surface area contributed by atoms with Crippen LogP contribution >= 0.6 is 0 Å². The highest BCUT2D eigenvalue weighted by Crippen LogP contribution is 2.42. The van der Waals surface area contributed by atoms with Crippen LogP contribution in [0.5, 0.6) is 0 Å². The second-order valence-electron chi connectivity index (χ2n) is 6.97. The first-order valence-electron chi connectivity index (χ1n) is 8.45. The summed E-state index contributed by atoms with van der Waals surface area (Å²) >= 11 is 0. The van der Waals surface area contributed by atoms with Crippen molar-refractivity contribution in [2.75, 3.05) is 0 Å². The maximum absolute atomic E-state index is 13.0. The number of rotatable bonds is 4. The van der Waals surface area contributed by atoms with Crippen LogP contribution in [0.3, 0.4) is 0 Å². The SMILES string of the molecule is Cc1cccc(CS(=O)(=O)N2C3CCC2CC(n2ccnn2)C3)c1. The molecule has 128 valence electrons. The summed E-state index contributed by atoms with van der Waals surface area (Å²) < 4.78 is 29.7. The van der Waals surface area contributed by atoms with Crippen molar-refractivity contribution in [3.05, 3.63) is 47.8 Å². The van der Waals surface area contributed by atoms with Gasteiger partial charge in [-0.3, -0.25) is 0 Å². The van der Waals surface area contributed by atoms with Crippen LogP contribution in [0.15, 0.2) is 36.7 Å². The van der Waals surface area contributed by atoms with E-state index in [4.69, 9.17) is 0 Å². The highest BCUT2D eigenvalue weighted by Gasteiger charge is 2.47. The minimum atomic E-state index is -3.29.